The molecule has 0 aliphatic carbocycles. The van der Waals surface area contributed by atoms with E-state index in [4.69, 9.17) is 8.92 Å². The molecule has 0 fully saturated rings. The Morgan fingerprint density at radius 2 is 1.63 bits per heavy atom. The molecule has 3 unspecified atom stereocenters. The minimum atomic E-state index is -1.34. The van der Waals surface area contributed by atoms with Gasteiger partial charge in [-0.3, -0.25) is 0 Å². The van der Waals surface area contributed by atoms with Crippen molar-refractivity contribution < 1.29 is 13.1 Å². The van der Waals surface area contributed by atoms with Crippen LogP contribution in [0.5, 0.6) is 5.75 Å². The summed E-state index contributed by atoms with van der Waals surface area (Å²) in [5.41, 5.74) is 0. The summed E-state index contributed by atoms with van der Waals surface area (Å²) in [4.78, 5) is 0. The number of hydrogen-bond acceptors (Lipinski definition) is 3. The lowest BCUT2D eigenvalue weighted by atomic mass is 10.2. The number of ether oxygens (including phenoxy) is 1. The Kier molecular flexibility index (Phi) is 12.5. The first kappa shape index (κ1) is 29.2. The van der Waals surface area contributed by atoms with E-state index in [0.29, 0.717) is 6.61 Å². The molecular weight excluding hydrogens is 414 g/mol. The van der Waals surface area contributed by atoms with E-state index in [0.717, 1.165) is 12.2 Å². The molecule has 0 bridgehead atoms. The van der Waals surface area contributed by atoms with Crippen molar-refractivity contribution in [1.82, 2.24) is 4.72 Å². The van der Waals surface area contributed by atoms with Gasteiger partial charge in [-0.25, -0.2) is 8.93 Å². The van der Waals surface area contributed by atoms with Gasteiger partial charge in [-0.1, -0.05) is 52.0 Å². The maximum Gasteiger partial charge on any atom is 0.120 e. The molecule has 6 heteroatoms. The normalized spacial score (nSPS) is 15.9. The monoisotopic (exact) mass is 459 g/mol. The van der Waals surface area contributed by atoms with Gasteiger partial charge >= 0.3 is 0 Å². The molecule has 0 heterocycles. The second-order valence-corrected chi connectivity index (χ2v) is 15.5. The van der Waals surface area contributed by atoms with E-state index in [1.165, 1.54) is 0 Å². The van der Waals surface area contributed by atoms with E-state index in [-0.39, 0.29) is 21.6 Å². The predicted octanol–water partition coefficient (Wildman–Crippen LogP) is 6.25. The van der Waals surface area contributed by atoms with E-state index in [9.17, 15) is 4.21 Å². The molecule has 1 N–H and O–H groups in total. The zero-order valence-corrected chi connectivity index (χ0v) is 22.4. The Hall–Kier alpha value is -0.820. The minimum absolute atomic E-state index is 0.0426. The van der Waals surface area contributed by atoms with E-state index < -0.39 is 21.3 Å². The fourth-order valence-electron chi connectivity index (χ4n) is 1.83. The zero-order valence-electron chi connectivity index (χ0n) is 20.8. The van der Waals surface area contributed by atoms with Crippen LogP contribution in [0.2, 0.25) is 0 Å². The first-order chi connectivity index (χ1) is 13.7. The van der Waals surface area contributed by atoms with Gasteiger partial charge in [-0.05, 0) is 58.8 Å². The third-order valence-corrected chi connectivity index (χ3v) is 10.1. The fraction of sp³-hybridized carbons (Fsp3) is 0.667. The van der Waals surface area contributed by atoms with Crippen molar-refractivity contribution in [2.75, 3.05) is 19.1 Å². The second kappa shape index (κ2) is 12.9. The molecule has 0 saturated carbocycles. The molecule has 0 aliphatic rings. The Morgan fingerprint density at radius 3 is 2.03 bits per heavy atom. The number of rotatable bonds is 9. The SMILES string of the molecule is C=CCC.CC(NS(=O)C(C)(C)C)C(COc1ccccc1)OS(C)(C)C(C)(C)C. The van der Waals surface area contributed by atoms with Crippen LogP contribution in [0.4, 0.5) is 0 Å². The van der Waals surface area contributed by atoms with Gasteiger partial charge < -0.3 is 8.92 Å². The first-order valence-corrected chi connectivity index (χ1v) is 14.1. The molecule has 3 atom stereocenters. The van der Waals surface area contributed by atoms with Crippen molar-refractivity contribution in [1.29, 1.82) is 0 Å². The van der Waals surface area contributed by atoms with Crippen molar-refractivity contribution >= 4 is 21.3 Å². The highest BCUT2D eigenvalue weighted by Gasteiger charge is 2.35. The van der Waals surface area contributed by atoms with Crippen LogP contribution in [-0.4, -0.2) is 45.0 Å². The zero-order chi connectivity index (χ0) is 23.6. The average molecular weight is 460 g/mol. The van der Waals surface area contributed by atoms with Crippen LogP contribution in [0.15, 0.2) is 43.0 Å². The smallest absolute Gasteiger partial charge is 0.120 e. The Balaban J connectivity index is 0.00000192. The lowest BCUT2D eigenvalue weighted by molar-refractivity contribution is 0.119. The first-order valence-electron chi connectivity index (χ1n) is 10.5. The molecule has 1 aromatic rings. The summed E-state index contributed by atoms with van der Waals surface area (Å²) in [6.07, 6.45) is 7.11. The summed E-state index contributed by atoms with van der Waals surface area (Å²) in [5.74, 6) is 0.814. The Morgan fingerprint density at radius 1 is 1.13 bits per heavy atom. The molecule has 176 valence electrons. The molecule has 0 saturated heterocycles. The van der Waals surface area contributed by atoms with Gasteiger partial charge in [-0.15, -0.1) is 16.9 Å². The van der Waals surface area contributed by atoms with Crippen LogP contribution in [0.1, 0.15) is 61.8 Å². The molecule has 1 aromatic carbocycles. The van der Waals surface area contributed by atoms with Gasteiger partial charge in [0.25, 0.3) is 0 Å². The maximum absolute atomic E-state index is 12.5. The molecule has 0 aliphatic heterocycles. The number of hydrogen-bond donors (Lipinski definition) is 1. The van der Waals surface area contributed by atoms with E-state index >= 15 is 0 Å². The standard InChI is InChI=1S/C20H37NO3S2.C4H8/c1-16(21-25(22)19(2,3)4)18(24-26(8,9)20(5,6)7)15-23-17-13-11-10-12-14-17;1-3-4-2/h10-14,16,18,21H,15H2,1-9H3;3H,1,4H2,2H3. The summed E-state index contributed by atoms with van der Waals surface area (Å²) >= 11 is 0. The van der Waals surface area contributed by atoms with Crippen molar-refractivity contribution in [2.24, 2.45) is 0 Å². The molecular formula is C24H45NO3S2. The Bertz CT molecular complexity index is 634. The van der Waals surface area contributed by atoms with Crippen LogP contribution < -0.4 is 9.46 Å². The number of para-hydroxylation sites is 1. The summed E-state index contributed by atoms with van der Waals surface area (Å²) in [5, 5.41) is 0. The number of allylic oxidation sites excluding steroid dienone is 1. The van der Waals surface area contributed by atoms with Crippen LogP contribution in [0.3, 0.4) is 0 Å². The van der Waals surface area contributed by atoms with Crippen LogP contribution in [0, 0.1) is 0 Å². The van der Waals surface area contributed by atoms with Gasteiger partial charge in [0.1, 0.15) is 18.5 Å². The molecule has 30 heavy (non-hydrogen) atoms. The second-order valence-electron chi connectivity index (χ2n) is 9.59. The van der Waals surface area contributed by atoms with Gasteiger partial charge in [0.15, 0.2) is 0 Å². The minimum Gasteiger partial charge on any atom is -0.491 e. The summed E-state index contributed by atoms with van der Waals surface area (Å²) < 4.78 is 28.0. The molecule has 0 spiro atoms. The van der Waals surface area contributed by atoms with Crippen LogP contribution >= 0.6 is 10.3 Å². The largest absolute Gasteiger partial charge is 0.491 e. The lowest BCUT2D eigenvalue weighted by Gasteiger charge is -2.47. The van der Waals surface area contributed by atoms with Gasteiger partial charge in [-0.2, -0.15) is 0 Å². The third kappa shape index (κ3) is 11.0. The van der Waals surface area contributed by atoms with Crippen molar-refractivity contribution in [2.45, 2.75) is 83.5 Å². The van der Waals surface area contributed by atoms with Gasteiger partial charge in [0.05, 0.1) is 15.7 Å². The third-order valence-electron chi connectivity index (χ3n) is 4.69. The molecule has 0 amide bonds. The van der Waals surface area contributed by atoms with Crippen LogP contribution in [-0.2, 0) is 15.2 Å². The van der Waals surface area contributed by atoms with E-state index in [2.05, 4.69) is 51.5 Å². The number of nitrogens with one attached hydrogen (secondary N) is 1. The Labute approximate surface area is 190 Å². The van der Waals surface area contributed by atoms with Crippen molar-refractivity contribution in [3.05, 3.63) is 43.0 Å². The fourth-order valence-corrected chi connectivity index (χ4v) is 3.80. The highest BCUT2D eigenvalue weighted by molar-refractivity contribution is 8.29. The maximum atomic E-state index is 12.5. The van der Waals surface area contributed by atoms with Crippen molar-refractivity contribution in [3.63, 3.8) is 0 Å². The van der Waals surface area contributed by atoms with E-state index in [1.807, 2.05) is 64.1 Å². The highest BCUT2D eigenvalue weighted by Crippen LogP contribution is 2.54. The number of benzene rings is 1. The molecule has 0 radical (unpaired) electrons. The quantitative estimate of drug-likeness (QED) is 0.444. The van der Waals surface area contributed by atoms with Gasteiger partial charge in [0, 0.05) is 10.8 Å². The summed E-state index contributed by atoms with van der Waals surface area (Å²) in [6, 6.07) is 9.63. The van der Waals surface area contributed by atoms with E-state index in [1.54, 1.807) is 0 Å². The summed E-state index contributed by atoms with van der Waals surface area (Å²) in [7, 11) is -2.50. The summed E-state index contributed by atoms with van der Waals surface area (Å²) in [6.45, 7) is 20.4. The molecule has 0 aromatic heterocycles. The lowest BCUT2D eigenvalue weighted by Crippen LogP contribution is -2.48. The average Bonchev–Trinajstić information content (AvgIpc) is 2.64. The molecule has 1 rings (SSSR count). The van der Waals surface area contributed by atoms with Gasteiger partial charge in [0.2, 0.25) is 0 Å². The highest BCUT2D eigenvalue weighted by atomic mass is 32.3. The topological polar surface area (TPSA) is 47.6 Å². The van der Waals surface area contributed by atoms with Crippen molar-refractivity contribution in [3.8, 4) is 5.75 Å². The molecule has 4 nitrogen and oxygen atoms in total. The van der Waals surface area contributed by atoms with Crippen LogP contribution in [0.25, 0.3) is 0 Å². The predicted molar refractivity (Wildman–Crippen MR) is 137 cm³/mol.